The zero-order chi connectivity index (χ0) is 11.9. The van der Waals surface area contributed by atoms with Gasteiger partial charge in [-0.2, -0.15) is 0 Å². The van der Waals surface area contributed by atoms with E-state index in [1.165, 1.54) is 0 Å². The summed E-state index contributed by atoms with van der Waals surface area (Å²) < 4.78 is 0.959. The fourth-order valence-electron chi connectivity index (χ4n) is 1.67. The van der Waals surface area contributed by atoms with Crippen LogP contribution < -0.4 is 5.43 Å². The average molecular weight is 329 g/mol. The standard InChI is InChI=1S/C11H8INO3/c1-5-2-6(12)3-7-10(5)9(14)4-8(13-7)11(15)16/h2-4H,1H3,(H,13,14)(H,15,16). The third kappa shape index (κ3) is 1.82. The Morgan fingerprint density at radius 2 is 2.06 bits per heavy atom. The summed E-state index contributed by atoms with van der Waals surface area (Å²) in [4.78, 5) is 25.3. The molecule has 0 aliphatic heterocycles. The minimum absolute atomic E-state index is 0.0844. The second-order valence-corrected chi connectivity index (χ2v) is 4.74. The lowest BCUT2D eigenvalue weighted by molar-refractivity contribution is 0.0691. The monoisotopic (exact) mass is 329 g/mol. The van der Waals surface area contributed by atoms with Crippen LogP contribution in [0.3, 0.4) is 0 Å². The molecular weight excluding hydrogens is 321 g/mol. The summed E-state index contributed by atoms with van der Waals surface area (Å²) in [5.41, 5.74) is 1.06. The van der Waals surface area contributed by atoms with Crippen molar-refractivity contribution in [2.45, 2.75) is 6.92 Å². The Labute approximate surface area is 104 Å². The number of halogens is 1. The van der Waals surface area contributed by atoms with Crippen LogP contribution in [0.15, 0.2) is 23.0 Å². The molecule has 82 valence electrons. The molecule has 0 bridgehead atoms. The Balaban J connectivity index is 2.93. The number of hydrogen-bond donors (Lipinski definition) is 2. The SMILES string of the molecule is Cc1cc(I)cc2[nH]c(C(=O)O)cc(=O)c12. The van der Waals surface area contributed by atoms with Gasteiger partial charge in [0.2, 0.25) is 0 Å². The number of aryl methyl sites for hydroxylation is 1. The fourth-order valence-corrected chi connectivity index (χ4v) is 2.45. The first kappa shape index (κ1) is 11.1. The molecule has 2 N–H and O–H groups in total. The number of nitrogens with one attached hydrogen (secondary N) is 1. The smallest absolute Gasteiger partial charge is 0.352 e. The summed E-state index contributed by atoms with van der Waals surface area (Å²) in [6.45, 7) is 1.83. The number of carboxylic acids is 1. The first-order valence-electron chi connectivity index (χ1n) is 4.55. The highest BCUT2D eigenvalue weighted by molar-refractivity contribution is 14.1. The summed E-state index contributed by atoms with van der Waals surface area (Å²) >= 11 is 2.12. The van der Waals surface area contributed by atoms with Gasteiger partial charge in [-0.05, 0) is 47.2 Å². The molecule has 16 heavy (non-hydrogen) atoms. The van der Waals surface area contributed by atoms with Crippen molar-refractivity contribution in [1.29, 1.82) is 0 Å². The molecule has 0 saturated carbocycles. The lowest BCUT2D eigenvalue weighted by atomic mass is 10.1. The van der Waals surface area contributed by atoms with E-state index in [0.29, 0.717) is 10.9 Å². The zero-order valence-corrected chi connectivity index (χ0v) is 10.5. The van der Waals surface area contributed by atoms with E-state index in [0.717, 1.165) is 15.2 Å². The Morgan fingerprint density at radius 3 is 2.69 bits per heavy atom. The molecular formula is C11H8INO3. The molecule has 2 aromatic rings. The number of hydrogen-bond acceptors (Lipinski definition) is 2. The lowest BCUT2D eigenvalue weighted by Gasteiger charge is -2.04. The van der Waals surface area contributed by atoms with Crippen LogP contribution in [0.1, 0.15) is 16.1 Å². The molecule has 0 atom stereocenters. The fraction of sp³-hybridized carbons (Fsp3) is 0.0909. The van der Waals surface area contributed by atoms with E-state index in [1.54, 1.807) is 6.07 Å². The van der Waals surface area contributed by atoms with E-state index in [2.05, 4.69) is 27.6 Å². The van der Waals surface area contributed by atoms with E-state index in [1.807, 2.05) is 13.0 Å². The molecule has 5 heteroatoms. The van der Waals surface area contributed by atoms with Crippen molar-refractivity contribution in [2.24, 2.45) is 0 Å². The number of rotatable bonds is 1. The summed E-state index contributed by atoms with van der Waals surface area (Å²) in [6, 6.07) is 4.76. The van der Waals surface area contributed by atoms with Gasteiger partial charge < -0.3 is 10.1 Å². The topological polar surface area (TPSA) is 70.2 Å². The molecule has 4 nitrogen and oxygen atoms in total. The van der Waals surface area contributed by atoms with Crippen molar-refractivity contribution in [3.63, 3.8) is 0 Å². The van der Waals surface area contributed by atoms with E-state index in [4.69, 9.17) is 5.11 Å². The number of carbonyl (C=O) groups is 1. The zero-order valence-electron chi connectivity index (χ0n) is 8.37. The van der Waals surface area contributed by atoms with Crippen molar-refractivity contribution in [1.82, 2.24) is 4.98 Å². The maximum atomic E-state index is 11.8. The third-order valence-corrected chi connectivity index (χ3v) is 2.94. The van der Waals surface area contributed by atoms with Crippen LogP contribution in [-0.4, -0.2) is 16.1 Å². The van der Waals surface area contributed by atoms with Crippen molar-refractivity contribution in [2.75, 3.05) is 0 Å². The van der Waals surface area contributed by atoms with Crippen molar-refractivity contribution >= 4 is 39.5 Å². The van der Waals surface area contributed by atoms with E-state index < -0.39 is 5.97 Å². The summed E-state index contributed by atoms with van der Waals surface area (Å²) in [5, 5.41) is 9.38. The summed E-state index contributed by atoms with van der Waals surface area (Å²) in [6.07, 6.45) is 0. The first-order valence-corrected chi connectivity index (χ1v) is 5.63. The van der Waals surface area contributed by atoms with Crippen LogP contribution in [0.4, 0.5) is 0 Å². The molecule has 0 saturated heterocycles. The third-order valence-electron chi connectivity index (χ3n) is 2.32. The Bertz CT molecular complexity index is 645. The van der Waals surface area contributed by atoms with Gasteiger partial charge in [-0.25, -0.2) is 4.79 Å². The summed E-state index contributed by atoms with van der Waals surface area (Å²) in [7, 11) is 0. The van der Waals surface area contributed by atoms with Crippen LogP contribution in [0.25, 0.3) is 10.9 Å². The molecule has 1 aromatic heterocycles. The van der Waals surface area contributed by atoms with Crippen molar-refractivity contribution in [3.05, 3.63) is 43.2 Å². The highest BCUT2D eigenvalue weighted by Gasteiger charge is 2.09. The molecule has 0 fully saturated rings. The predicted octanol–water partition coefficient (Wildman–Crippen LogP) is 2.14. The molecule has 0 unspecified atom stereocenters. The van der Waals surface area contributed by atoms with Gasteiger partial charge in [0.25, 0.3) is 0 Å². The number of aromatic amines is 1. The van der Waals surface area contributed by atoms with E-state index in [-0.39, 0.29) is 11.1 Å². The van der Waals surface area contributed by atoms with Gasteiger partial charge >= 0.3 is 5.97 Å². The van der Waals surface area contributed by atoms with Crippen molar-refractivity contribution < 1.29 is 9.90 Å². The molecule has 0 radical (unpaired) electrons. The normalized spacial score (nSPS) is 10.6. The molecule has 0 aliphatic rings. The number of carboxylic acid groups (broad SMARTS) is 1. The van der Waals surface area contributed by atoms with Gasteiger partial charge in [0, 0.05) is 15.0 Å². The van der Waals surface area contributed by atoms with E-state index >= 15 is 0 Å². The molecule has 1 heterocycles. The quantitative estimate of drug-likeness (QED) is 0.788. The van der Waals surface area contributed by atoms with Gasteiger partial charge in [0.1, 0.15) is 5.69 Å². The van der Waals surface area contributed by atoms with Crippen LogP contribution >= 0.6 is 22.6 Å². The Kier molecular flexibility index (Phi) is 2.71. The van der Waals surface area contributed by atoms with Gasteiger partial charge in [-0.1, -0.05) is 0 Å². The minimum atomic E-state index is -1.13. The number of H-pyrrole nitrogens is 1. The minimum Gasteiger partial charge on any atom is -0.477 e. The molecule has 0 amide bonds. The molecule has 1 aromatic carbocycles. The van der Waals surface area contributed by atoms with Crippen LogP contribution in [0.5, 0.6) is 0 Å². The second-order valence-electron chi connectivity index (χ2n) is 3.50. The largest absolute Gasteiger partial charge is 0.477 e. The van der Waals surface area contributed by atoms with Crippen molar-refractivity contribution in [3.8, 4) is 0 Å². The molecule has 0 aliphatic carbocycles. The van der Waals surface area contributed by atoms with Crippen LogP contribution in [0, 0.1) is 10.5 Å². The highest BCUT2D eigenvalue weighted by atomic mass is 127. The Hall–Kier alpha value is -1.37. The summed E-state index contributed by atoms with van der Waals surface area (Å²) in [5.74, 6) is -1.13. The average Bonchev–Trinajstić information content (AvgIpc) is 2.15. The second kappa shape index (κ2) is 3.89. The number of aromatic nitrogens is 1. The lowest BCUT2D eigenvalue weighted by Crippen LogP contribution is -2.10. The van der Waals surface area contributed by atoms with Gasteiger partial charge in [0.15, 0.2) is 5.43 Å². The van der Waals surface area contributed by atoms with Crippen LogP contribution in [0.2, 0.25) is 0 Å². The number of fused-ring (bicyclic) bond motifs is 1. The van der Waals surface area contributed by atoms with Gasteiger partial charge in [-0.15, -0.1) is 0 Å². The first-order chi connectivity index (χ1) is 7.49. The van der Waals surface area contributed by atoms with Gasteiger partial charge in [0.05, 0.1) is 5.52 Å². The molecule has 0 spiro atoms. The maximum absolute atomic E-state index is 11.8. The Morgan fingerprint density at radius 1 is 1.38 bits per heavy atom. The number of pyridine rings is 1. The predicted molar refractivity (Wildman–Crippen MR) is 69.0 cm³/mol. The maximum Gasteiger partial charge on any atom is 0.352 e. The number of aromatic carboxylic acids is 1. The van der Waals surface area contributed by atoms with E-state index in [9.17, 15) is 9.59 Å². The highest BCUT2D eigenvalue weighted by Crippen LogP contribution is 2.17. The molecule has 2 rings (SSSR count). The number of benzene rings is 1. The van der Waals surface area contributed by atoms with Crippen LogP contribution in [-0.2, 0) is 0 Å². The van der Waals surface area contributed by atoms with Gasteiger partial charge in [-0.3, -0.25) is 4.79 Å².